The molecule has 0 aliphatic carbocycles. The maximum atomic E-state index is 15.3. The second-order valence-electron chi connectivity index (χ2n) is 9.00. The van der Waals surface area contributed by atoms with Gasteiger partial charge >= 0.3 is 0 Å². The minimum absolute atomic E-state index is 0.0257. The zero-order chi connectivity index (χ0) is 23.0. The van der Waals surface area contributed by atoms with Crippen LogP contribution in [0.5, 0.6) is 5.75 Å². The lowest BCUT2D eigenvalue weighted by atomic mass is 9.60. The Kier molecular flexibility index (Phi) is 6.56. The number of fused-ring (bicyclic) bond motifs is 3. The summed E-state index contributed by atoms with van der Waals surface area (Å²) in [6, 6.07) is 9.86. The van der Waals surface area contributed by atoms with E-state index in [1.807, 2.05) is 24.3 Å². The lowest BCUT2D eigenvalue weighted by molar-refractivity contribution is -0.118. The molecule has 3 heterocycles. The van der Waals surface area contributed by atoms with E-state index in [9.17, 15) is 9.18 Å². The van der Waals surface area contributed by atoms with Crippen LogP contribution in [-0.2, 0) is 21.4 Å². The Morgan fingerprint density at radius 2 is 1.94 bits per heavy atom. The van der Waals surface area contributed by atoms with Crippen molar-refractivity contribution in [2.45, 2.75) is 42.5 Å². The van der Waals surface area contributed by atoms with Crippen molar-refractivity contribution in [3.63, 3.8) is 0 Å². The molecule has 3 aliphatic rings. The van der Waals surface area contributed by atoms with Crippen molar-refractivity contribution in [1.29, 1.82) is 0 Å². The second-order valence-corrected chi connectivity index (χ2v) is 10.7. The van der Waals surface area contributed by atoms with Gasteiger partial charge in [0.25, 0.3) is 0 Å². The summed E-state index contributed by atoms with van der Waals surface area (Å²) in [6.07, 6.45) is 2.51. The zero-order valence-corrected chi connectivity index (χ0v) is 19.7. The van der Waals surface area contributed by atoms with Crippen LogP contribution in [-0.4, -0.2) is 42.8 Å². The highest BCUT2D eigenvalue weighted by molar-refractivity contribution is 8.00. The maximum Gasteiger partial charge on any atom is 0.233 e. The third kappa shape index (κ3) is 4.35. The summed E-state index contributed by atoms with van der Waals surface area (Å²) in [5.74, 6) is -0.237. The summed E-state index contributed by atoms with van der Waals surface area (Å²) in [5, 5.41) is 3.47. The van der Waals surface area contributed by atoms with E-state index in [0.717, 1.165) is 36.8 Å². The minimum atomic E-state index is -0.647. The van der Waals surface area contributed by atoms with Crippen molar-refractivity contribution in [2.24, 2.45) is 5.92 Å². The molecule has 0 radical (unpaired) electrons. The molecular formula is C25H26ClF2NO3S. The molecule has 0 spiro atoms. The normalized spacial score (nSPS) is 28.6. The quantitative estimate of drug-likeness (QED) is 0.621. The van der Waals surface area contributed by atoms with Gasteiger partial charge in [0, 0.05) is 35.1 Å². The highest BCUT2D eigenvalue weighted by Gasteiger charge is 2.53. The molecule has 0 unspecified atom stereocenters. The average Bonchev–Trinajstić information content (AvgIpc) is 3.22. The third-order valence-corrected chi connectivity index (χ3v) is 8.73. The van der Waals surface area contributed by atoms with Gasteiger partial charge in [0.05, 0.1) is 18.0 Å². The lowest BCUT2D eigenvalue weighted by Crippen LogP contribution is -2.55. The zero-order valence-electron chi connectivity index (χ0n) is 18.1. The van der Waals surface area contributed by atoms with Crippen LogP contribution >= 0.6 is 23.4 Å². The SMILES string of the molecule is O=C1NCC[C@H]1SCC[C@@H]1OCC[C@@]2(Cc3ccc(Cl)cc3)c3c(F)ccc(F)c3OC[C@@H]12. The van der Waals surface area contributed by atoms with Gasteiger partial charge in [-0.25, -0.2) is 8.78 Å². The van der Waals surface area contributed by atoms with Crippen LogP contribution in [0.25, 0.3) is 0 Å². The molecule has 1 N–H and O–H groups in total. The van der Waals surface area contributed by atoms with E-state index in [1.54, 1.807) is 11.8 Å². The van der Waals surface area contributed by atoms with Gasteiger partial charge in [0.15, 0.2) is 11.6 Å². The van der Waals surface area contributed by atoms with E-state index in [2.05, 4.69) is 5.32 Å². The summed E-state index contributed by atoms with van der Waals surface area (Å²) in [6.45, 7) is 1.44. The number of carbonyl (C=O) groups is 1. The molecule has 0 saturated carbocycles. The van der Waals surface area contributed by atoms with Crippen LogP contribution in [0, 0.1) is 17.6 Å². The number of hydrogen-bond acceptors (Lipinski definition) is 4. The Hall–Kier alpha value is -1.83. The lowest BCUT2D eigenvalue weighted by Gasteiger charge is -2.51. The largest absolute Gasteiger partial charge is 0.490 e. The molecule has 1 amide bonds. The molecule has 8 heteroatoms. The number of ether oxygens (including phenoxy) is 2. The number of benzene rings is 2. The van der Waals surface area contributed by atoms with E-state index in [1.165, 1.54) is 6.07 Å². The molecule has 3 aliphatic heterocycles. The number of nitrogens with one attached hydrogen (secondary N) is 1. The average molecular weight is 494 g/mol. The van der Waals surface area contributed by atoms with E-state index in [0.29, 0.717) is 30.0 Å². The van der Waals surface area contributed by atoms with Gasteiger partial charge in [0.2, 0.25) is 5.91 Å². The second kappa shape index (κ2) is 9.43. The monoisotopic (exact) mass is 493 g/mol. The molecule has 2 saturated heterocycles. The van der Waals surface area contributed by atoms with Gasteiger partial charge in [-0.2, -0.15) is 0 Å². The first kappa shape index (κ1) is 22.9. The van der Waals surface area contributed by atoms with Gasteiger partial charge in [-0.1, -0.05) is 23.7 Å². The van der Waals surface area contributed by atoms with E-state index >= 15 is 4.39 Å². The van der Waals surface area contributed by atoms with E-state index in [4.69, 9.17) is 21.1 Å². The Balaban J connectivity index is 1.46. The number of carbonyl (C=O) groups excluding carboxylic acids is 1. The predicted molar refractivity (Wildman–Crippen MR) is 125 cm³/mol. The summed E-state index contributed by atoms with van der Waals surface area (Å²) >= 11 is 7.72. The summed E-state index contributed by atoms with van der Waals surface area (Å²) in [4.78, 5) is 11.9. The number of amides is 1. The molecule has 5 rings (SSSR count). The maximum absolute atomic E-state index is 15.3. The first-order valence-corrected chi connectivity index (χ1v) is 12.8. The van der Waals surface area contributed by atoms with Crippen LogP contribution < -0.4 is 10.1 Å². The smallest absolute Gasteiger partial charge is 0.233 e. The van der Waals surface area contributed by atoms with Gasteiger partial charge in [-0.3, -0.25) is 4.79 Å². The van der Waals surface area contributed by atoms with Crippen molar-refractivity contribution in [3.8, 4) is 5.75 Å². The number of rotatable bonds is 6. The van der Waals surface area contributed by atoms with Crippen LogP contribution in [0.4, 0.5) is 8.78 Å². The van der Waals surface area contributed by atoms with Crippen LogP contribution in [0.3, 0.4) is 0 Å². The standard InChI is InChI=1S/C25H26ClF2NO3S/c26-16-3-1-15(2-4-16)13-25-9-11-31-20(8-12-33-21-7-10-29-24(21)30)17(25)14-32-23-19(28)6-5-18(27)22(23)25/h1-6,17,20-21H,7-14H2,(H,29,30)/t17-,20-,21+,25-/m0/s1. The fraction of sp³-hybridized carbons (Fsp3) is 0.480. The Labute approximate surface area is 201 Å². The molecule has 0 aromatic heterocycles. The minimum Gasteiger partial charge on any atom is -0.490 e. The molecule has 2 aromatic rings. The van der Waals surface area contributed by atoms with Crippen LogP contribution in [0.1, 0.15) is 30.4 Å². The fourth-order valence-corrected chi connectivity index (χ4v) is 6.85. The molecule has 0 bridgehead atoms. The van der Waals surface area contributed by atoms with Crippen molar-refractivity contribution in [2.75, 3.05) is 25.5 Å². The highest BCUT2D eigenvalue weighted by Crippen LogP contribution is 2.53. The fourth-order valence-electron chi connectivity index (χ4n) is 5.55. The Morgan fingerprint density at radius 3 is 2.70 bits per heavy atom. The van der Waals surface area contributed by atoms with E-state index in [-0.39, 0.29) is 35.5 Å². The van der Waals surface area contributed by atoms with Gasteiger partial charge in [-0.15, -0.1) is 11.8 Å². The number of hydrogen-bond donors (Lipinski definition) is 1. The van der Waals surface area contributed by atoms with Crippen molar-refractivity contribution < 1.29 is 23.0 Å². The summed E-state index contributed by atoms with van der Waals surface area (Å²) in [7, 11) is 0. The molecule has 33 heavy (non-hydrogen) atoms. The first-order valence-electron chi connectivity index (χ1n) is 11.3. The van der Waals surface area contributed by atoms with Crippen molar-refractivity contribution in [3.05, 3.63) is 64.2 Å². The number of thioether (sulfide) groups is 1. The molecule has 4 nitrogen and oxygen atoms in total. The molecular weight excluding hydrogens is 468 g/mol. The molecule has 4 atom stereocenters. The van der Waals surface area contributed by atoms with Gasteiger partial charge in [0.1, 0.15) is 5.82 Å². The Morgan fingerprint density at radius 1 is 1.15 bits per heavy atom. The third-order valence-electron chi connectivity index (χ3n) is 7.16. The van der Waals surface area contributed by atoms with E-state index < -0.39 is 17.0 Å². The van der Waals surface area contributed by atoms with Gasteiger partial charge < -0.3 is 14.8 Å². The summed E-state index contributed by atoms with van der Waals surface area (Å²) < 4.78 is 42.0. The number of halogens is 3. The molecule has 2 fully saturated rings. The summed E-state index contributed by atoms with van der Waals surface area (Å²) in [5.41, 5.74) is 0.690. The first-order chi connectivity index (χ1) is 16.0. The van der Waals surface area contributed by atoms with Crippen molar-refractivity contribution >= 4 is 29.3 Å². The predicted octanol–water partition coefficient (Wildman–Crippen LogP) is 4.91. The molecule has 2 aromatic carbocycles. The highest BCUT2D eigenvalue weighted by atomic mass is 35.5. The van der Waals surface area contributed by atoms with Crippen LogP contribution in [0.15, 0.2) is 36.4 Å². The molecule has 176 valence electrons. The van der Waals surface area contributed by atoms with Gasteiger partial charge in [-0.05, 0) is 61.3 Å². The van der Waals surface area contributed by atoms with Crippen LogP contribution in [0.2, 0.25) is 5.02 Å². The topological polar surface area (TPSA) is 47.6 Å². The van der Waals surface area contributed by atoms with Crippen molar-refractivity contribution in [1.82, 2.24) is 5.32 Å². The Bertz CT molecular complexity index is 1040.